The van der Waals surface area contributed by atoms with E-state index >= 15 is 0 Å². The summed E-state index contributed by atoms with van der Waals surface area (Å²) in [6.45, 7) is 6.55. The van der Waals surface area contributed by atoms with Crippen molar-refractivity contribution in [3.63, 3.8) is 0 Å². The molecule has 0 aliphatic heterocycles. The molecule has 0 aromatic rings. The molecule has 0 aliphatic carbocycles. The van der Waals surface area contributed by atoms with Crippen molar-refractivity contribution < 1.29 is 15.0 Å². The zero-order chi connectivity index (χ0) is 11.2. The lowest BCUT2D eigenvalue weighted by Crippen LogP contribution is -2.45. The van der Waals surface area contributed by atoms with Gasteiger partial charge in [-0.15, -0.1) is 0 Å². The van der Waals surface area contributed by atoms with Crippen molar-refractivity contribution >= 4 is 5.97 Å². The number of hydrogen-bond donors (Lipinski definition) is 3. The molecule has 14 heavy (non-hydrogen) atoms. The number of carbonyl (C=O) groups is 1. The largest absolute Gasteiger partial charge is 0.481 e. The Kier molecular flexibility index (Phi) is 5.72. The highest BCUT2D eigenvalue weighted by molar-refractivity contribution is 5.67. The molecule has 1 unspecified atom stereocenters. The number of carboxylic acids is 1. The molecule has 1 atom stereocenters. The molecule has 0 heterocycles. The summed E-state index contributed by atoms with van der Waals surface area (Å²) in [5.41, 5.74) is -0.000513. The van der Waals surface area contributed by atoms with Gasteiger partial charge in [0.2, 0.25) is 0 Å². The third-order valence-corrected chi connectivity index (χ3v) is 2.74. The third-order valence-electron chi connectivity index (χ3n) is 2.74. The zero-order valence-electron chi connectivity index (χ0n) is 9.21. The first-order valence-electron chi connectivity index (χ1n) is 5.08. The smallest absolute Gasteiger partial charge is 0.306 e. The highest BCUT2D eigenvalue weighted by Gasteiger charge is 2.20. The van der Waals surface area contributed by atoms with Gasteiger partial charge in [-0.1, -0.05) is 13.8 Å². The Morgan fingerprint density at radius 3 is 2.29 bits per heavy atom. The number of aliphatic hydroxyl groups is 1. The first-order chi connectivity index (χ1) is 6.43. The first-order valence-corrected chi connectivity index (χ1v) is 5.08. The van der Waals surface area contributed by atoms with E-state index in [0.29, 0.717) is 6.54 Å². The van der Waals surface area contributed by atoms with Crippen LogP contribution in [0.15, 0.2) is 0 Å². The molecule has 4 heteroatoms. The van der Waals surface area contributed by atoms with Crippen molar-refractivity contribution in [3.8, 4) is 0 Å². The maximum Gasteiger partial charge on any atom is 0.306 e. The second kappa shape index (κ2) is 5.98. The Balaban J connectivity index is 3.85. The van der Waals surface area contributed by atoms with Crippen LogP contribution in [0.25, 0.3) is 0 Å². The molecule has 0 saturated heterocycles. The summed E-state index contributed by atoms with van der Waals surface area (Å²) in [7, 11) is 0. The van der Waals surface area contributed by atoms with Crippen molar-refractivity contribution in [1.82, 2.24) is 5.32 Å². The average molecular weight is 203 g/mol. The standard InChI is InChI=1S/C10H21NO3/c1-4-10(3,5-2)11-7-8(12)6-9(13)14/h8,11-12H,4-7H2,1-3H3,(H,13,14). The molecule has 0 aliphatic rings. The maximum absolute atomic E-state index is 10.3. The van der Waals surface area contributed by atoms with Gasteiger partial charge in [0.25, 0.3) is 0 Å². The predicted molar refractivity (Wildman–Crippen MR) is 55.2 cm³/mol. The monoisotopic (exact) mass is 203 g/mol. The van der Waals surface area contributed by atoms with E-state index in [1.807, 2.05) is 0 Å². The minimum Gasteiger partial charge on any atom is -0.481 e. The number of rotatable bonds is 7. The Morgan fingerprint density at radius 2 is 1.93 bits per heavy atom. The number of nitrogens with one attached hydrogen (secondary N) is 1. The van der Waals surface area contributed by atoms with Gasteiger partial charge in [-0.05, 0) is 19.8 Å². The molecular weight excluding hydrogens is 182 g/mol. The van der Waals surface area contributed by atoms with Gasteiger partial charge in [-0.3, -0.25) is 4.79 Å². The van der Waals surface area contributed by atoms with Gasteiger partial charge in [-0.25, -0.2) is 0 Å². The van der Waals surface area contributed by atoms with E-state index in [0.717, 1.165) is 12.8 Å². The molecule has 4 nitrogen and oxygen atoms in total. The number of aliphatic hydroxyl groups excluding tert-OH is 1. The van der Waals surface area contributed by atoms with Gasteiger partial charge >= 0.3 is 5.97 Å². The van der Waals surface area contributed by atoms with Gasteiger partial charge in [0, 0.05) is 12.1 Å². The quantitative estimate of drug-likeness (QED) is 0.577. The molecule has 0 amide bonds. The van der Waals surface area contributed by atoms with Gasteiger partial charge in [0.15, 0.2) is 0 Å². The van der Waals surface area contributed by atoms with E-state index in [9.17, 15) is 9.90 Å². The summed E-state index contributed by atoms with van der Waals surface area (Å²) >= 11 is 0. The fraction of sp³-hybridized carbons (Fsp3) is 0.900. The highest BCUT2D eigenvalue weighted by Crippen LogP contribution is 2.13. The third kappa shape index (κ3) is 5.19. The molecule has 0 aromatic carbocycles. The van der Waals surface area contributed by atoms with Crippen LogP contribution in [-0.2, 0) is 4.79 Å². The number of β-amino-alcohol motifs (C(OH)–C–C–N with tert-alkyl or cyclic N) is 1. The van der Waals surface area contributed by atoms with Crippen LogP contribution in [0.4, 0.5) is 0 Å². The van der Waals surface area contributed by atoms with Crippen LogP contribution in [0.5, 0.6) is 0 Å². The molecule has 3 N–H and O–H groups in total. The molecule has 0 fully saturated rings. The van der Waals surface area contributed by atoms with Crippen LogP contribution >= 0.6 is 0 Å². The van der Waals surface area contributed by atoms with Crippen molar-refractivity contribution in [1.29, 1.82) is 0 Å². The molecule has 0 rings (SSSR count). The van der Waals surface area contributed by atoms with Gasteiger partial charge < -0.3 is 15.5 Å². The lowest BCUT2D eigenvalue weighted by Gasteiger charge is -2.29. The van der Waals surface area contributed by atoms with Crippen LogP contribution < -0.4 is 5.32 Å². The molecule has 0 radical (unpaired) electrons. The molecule has 0 saturated carbocycles. The molecule has 0 bridgehead atoms. The highest BCUT2D eigenvalue weighted by atomic mass is 16.4. The normalized spacial score (nSPS) is 14.0. The van der Waals surface area contributed by atoms with Crippen molar-refractivity contribution in [2.75, 3.05) is 6.54 Å². The summed E-state index contributed by atoms with van der Waals surface area (Å²) in [5.74, 6) is -0.964. The van der Waals surface area contributed by atoms with E-state index in [2.05, 4.69) is 26.1 Å². The van der Waals surface area contributed by atoms with Crippen LogP contribution in [0, 0.1) is 0 Å². The zero-order valence-corrected chi connectivity index (χ0v) is 9.21. The summed E-state index contributed by atoms with van der Waals surface area (Å²) in [5, 5.41) is 21.0. The molecule has 0 spiro atoms. The van der Waals surface area contributed by atoms with E-state index < -0.39 is 12.1 Å². The Hall–Kier alpha value is -0.610. The van der Waals surface area contributed by atoms with Crippen LogP contribution in [0.2, 0.25) is 0 Å². The van der Waals surface area contributed by atoms with Gasteiger partial charge in [-0.2, -0.15) is 0 Å². The van der Waals surface area contributed by atoms with Crippen LogP contribution in [0.3, 0.4) is 0 Å². The minimum atomic E-state index is -0.964. The number of aliphatic carboxylic acids is 1. The maximum atomic E-state index is 10.3. The second-order valence-corrected chi connectivity index (χ2v) is 3.90. The summed E-state index contributed by atoms with van der Waals surface area (Å²) < 4.78 is 0. The number of hydrogen-bond acceptors (Lipinski definition) is 3. The van der Waals surface area contributed by atoms with Crippen molar-refractivity contribution in [2.45, 2.75) is 51.7 Å². The summed E-state index contributed by atoms with van der Waals surface area (Å²) in [4.78, 5) is 10.3. The average Bonchev–Trinajstić information content (AvgIpc) is 2.13. The second-order valence-electron chi connectivity index (χ2n) is 3.90. The Labute approximate surface area is 85.3 Å². The van der Waals surface area contributed by atoms with Crippen molar-refractivity contribution in [3.05, 3.63) is 0 Å². The molecular formula is C10H21NO3. The first kappa shape index (κ1) is 13.4. The number of carboxylic acid groups (broad SMARTS) is 1. The minimum absolute atomic E-state index is 0.000513. The van der Waals surface area contributed by atoms with Crippen LogP contribution in [-0.4, -0.2) is 34.4 Å². The van der Waals surface area contributed by atoms with Crippen molar-refractivity contribution in [2.24, 2.45) is 0 Å². The SMILES string of the molecule is CCC(C)(CC)NCC(O)CC(=O)O. The van der Waals surface area contributed by atoms with E-state index in [1.54, 1.807) is 0 Å². The summed E-state index contributed by atoms with van der Waals surface area (Å²) in [6, 6.07) is 0. The lowest BCUT2D eigenvalue weighted by molar-refractivity contribution is -0.139. The Morgan fingerprint density at radius 1 is 1.43 bits per heavy atom. The van der Waals surface area contributed by atoms with E-state index in [-0.39, 0.29) is 12.0 Å². The van der Waals surface area contributed by atoms with Gasteiger partial charge in [0.05, 0.1) is 12.5 Å². The molecule has 0 aromatic heterocycles. The Bertz CT molecular complexity index is 178. The summed E-state index contributed by atoms with van der Waals surface area (Å²) in [6.07, 6.45) is 0.924. The lowest BCUT2D eigenvalue weighted by atomic mass is 9.95. The van der Waals surface area contributed by atoms with Gasteiger partial charge in [0.1, 0.15) is 0 Å². The fourth-order valence-corrected chi connectivity index (χ4v) is 1.14. The fourth-order valence-electron chi connectivity index (χ4n) is 1.14. The van der Waals surface area contributed by atoms with Crippen LogP contribution in [0.1, 0.15) is 40.0 Å². The van der Waals surface area contributed by atoms with E-state index in [4.69, 9.17) is 5.11 Å². The topological polar surface area (TPSA) is 69.6 Å². The molecule has 84 valence electrons. The van der Waals surface area contributed by atoms with E-state index in [1.165, 1.54) is 0 Å². The predicted octanol–water partition coefficient (Wildman–Crippen LogP) is 0.990.